The van der Waals surface area contributed by atoms with Gasteiger partial charge in [0.05, 0.1) is 0 Å². The number of carbonyl (C=O) groups excluding carboxylic acids is 1. The number of hydrogen-bond acceptors (Lipinski definition) is 4. The number of amides is 1. The Morgan fingerprint density at radius 2 is 1.95 bits per heavy atom. The van der Waals surface area contributed by atoms with Gasteiger partial charge in [-0.25, -0.2) is 0 Å². The monoisotopic (exact) mass is 267 g/mol. The first kappa shape index (κ1) is 15.3. The molecule has 3 N–H and O–H groups in total. The second-order valence-corrected chi connectivity index (χ2v) is 4.28. The van der Waals surface area contributed by atoms with Gasteiger partial charge in [-0.1, -0.05) is 13.3 Å². The molecule has 5 heteroatoms. The Bertz CT molecular complexity index is 406. The van der Waals surface area contributed by atoms with Crippen LogP contribution >= 0.6 is 0 Å². The first-order valence-electron chi connectivity index (χ1n) is 6.53. The smallest absolute Gasteiger partial charge is 0.251 e. The summed E-state index contributed by atoms with van der Waals surface area (Å²) >= 11 is 0. The predicted molar refractivity (Wildman–Crippen MR) is 72.4 cm³/mol. The van der Waals surface area contributed by atoms with Gasteiger partial charge in [0, 0.05) is 25.3 Å². The molecule has 0 aliphatic carbocycles. The molecule has 19 heavy (non-hydrogen) atoms. The predicted octanol–water partition coefficient (Wildman–Crippen LogP) is 2.03. The van der Waals surface area contributed by atoms with Crippen LogP contribution in [0.4, 0.5) is 0 Å². The zero-order valence-electron chi connectivity index (χ0n) is 11.2. The topological polar surface area (TPSA) is 78.8 Å². The van der Waals surface area contributed by atoms with E-state index < -0.39 is 0 Å². The van der Waals surface area contributed by atoms with Crippen molar-refractivity contribution in [2.45, 2.75) is 26.2 Å². The SMILES string of the molecule is CCCCOCCCNC(=O)c1ccc(O)c(O)c1. The summed E-state index contributed by atoms with van der Waals surface area (Å²) in [5.74, 6) is -0.805. The maximum atomic E-state index is 11.7. The van der Waals surface area contributed by atoms with E-state index in [4.69, 9.17) is 9.84 Å². The summed E-state index contributed by atoms with van der Waals surface area (Å²) < 4.78 is 5.37. The standard InChI is InChI=1S/C14H21NO4/c1-2-3-8-19-9-4-7-15-14(18)11-5-6-12(16)13(17)10-11/h5-6,10,16-17H,2-4,7-9H2,1H3,(H,15,18). The largest absolute Gasteiger partial charge is 0.504 e. The molecule has 0 saturated carbocycles. The summed E-state index contributed by atoms with van der Waals surface area (Å²) in [5, 5.41) is 21.2. The van der Waals surface area contributed by atoms with Crippen LogP contribution in [0.15, 0.2) is 18.2 Å². The van der Waals surface area contributed by atoms with Crippen molar-refractivity contribution in [2.24, 2.45) is 0 Å². The molecule has 1 aromatic rings. The Morgan fingerprint density at radius 3 is 2.63 bits per heavy atom. The van der Waals surface area contributed by atoms with Crippen LogP contribution in [0.1, 0.15) is 36.5 Å². The highest BCUT2D eigenvalue weighted by molar-refractivity contribution is 5.94. The van der Waals surface area contributed by atoms with Crippen LogP contribution < -0.4 is 5.32 Å². The first-order valence-corrected chi connectivity index (χ1v) is 6.53. The number of hydrogen-bond donors (Lipinski definition) is 3. The fourth-order valence-electron chi connectivity index (χ4n) is 1.49. The summed E-state index contributed by atoms with van der Waals surface area (Å²) in [6.07, 6.45) is 2.92. The van der Waals surface area contributed by atoms with Crippen molar-refractivity contribution >= 4 is 5.91 Å². The third-order valence-electron chi connectivity index (χ3n) is 2.63. The Labute approximate surface area is 113 Å². The first-order chi connectivity index (χ1) is 9.15. The van der Waals surface area contributed by atoms with Crippen LogP contribution in [0.5, 0.6) is 11.5 Å². The van der Waals surface area contributed by atoms with Gasteiger partial charge in [-0.15, -0.1) is 0 Å². The van der Waals surface area contributed by atoms with Crippen LogP contribution in [-0.2, 0) is 4.74 Å². The third kappa shape index (κ3) is 5.61. The maximum Gasteiger partial charge on any atom is 0.251 e. The van der Waals surface area contributed by atoms with E-state index in [9.17, 15) is 9.90 Å². The molecule has 1 amide bonds. The molecular formula is C14H21NO4. The van der Waals surface area contributed by atoms with Gasteiger partial charge in [0.1, 0.15) is 0 Å². The van der Waals surface area contributed by atoms with E-state index in [-0.39, 0.29) is 17.4 Å². The Balaban J connectivity index is 2.22. The van der Waals surface area contributed by atoms with Gasteiger partial charge in [-0.2, -0.15) is 0 Å². The summed E-state index contributed by atoms with van der Waals surface area (Å²) in [5.41, 5.74) is 0.321. The average molecular weight is 267 g/mol. The molecule has 0 fully saturated rings. The molecule has 106 valence electrons. The molecule has 1 aromatic carbocycles. The van der Waals surface area contributed by atoms with Gasteiger partial charge in [0.25, 0.3) is 5.91 Å². The van der Waals surface area contributed by atoms with E-state index in [0.717, 1.165) is 25.9 Å². The molecule has 0 atom stereocenters. The third-order valence-corrected chi connectivity index (χ3v) is 2.63. The van der Waals surface area contributed by atoms with Crippen molar-refractivity contribution in [3.05, 3.63) is 23.8 Å². The molecule has 0 unspecified atom stereocenters. The highest BCUT2D eigenvalue weighted by Crippen LogP contribution is 2.24. The van der Waals surface area contributed by atoms with Crippen LogP contribution in [0.25, 0.3) is 0 Å². The summed E-state index contributed by atoms with van der Waals surface area (Å²) in [7, 11) is 0. The second-order valence-electron chi connectivity index (χ2n) is 4.28. The molecule has 5 nitrogen and oxygen atoms in total. The molecule has 0 bridgehead atoms. The minimum Gasteiger partial charge on any atom is -0.504 e. The van der Waals surface area contributed by atoms with Gasteiger partial charge in [0.15, 0.2) is 11.5 Å². The lowest BCUT2D eigenvalue weighted by atomic mass is 10.2. The number of ether oxygens (including phenoxy) is 1. The lowest BCUT2D eigenvalue weighted by molar-refractivity contribution is 0.0940. The number of aromatic hydroxyl groups is 2. The fraction of sp³-hybridized carbons (Fsp3) is 0.500. The van der Waals surface area contributed by atoms with E-state index in [1.165, 1.54) is 18.2 Å². The Hall–Kier alpha value is -1.75. The van der Waals surface area contributed by atoms with Gasteiger partial charge in [-0.05, 0) is 31.0 Å². The van der Waals surface area contributed by atoms with Crippen LogP contribution in [0.2, 0.25) is 0 Å². The number of unbranched alkanes of at least 4 members (excludes halogenated alkanes) is 1. The van der Waals surface area contributed by atoms with E-state index >= 15 is 0 Å². The fourth-order valence-corrected chi connectivity index (χ4v) is 1.49. The highest BCUT2D eigenvalue weighted by Gasteiger charge is 2.07. The van der Waals surface area contributed by atoms with Gasteiger partial charge in [-0.3, -0.25) is 4.79 Å². The van der Waals surface area contributed by atoms with Crippen molar-refractivity contribution in [1.29, 1.82) is 0 Å². The molecule has 1 rings (SSSR count). The number of benzene rings is 1. The van der Waals surface area contributed by atoms with Crippen molar-refractivity contribution < 1.29 is 19.7 Å². The zero-order valence-corrected chi connectivity index (χ0v) is 11.2. The Kier molecular flexibility index (Phi) is 6.74. The van der Waals surface area contributed by atoms with Crippen molar-refractivity contribution in [3.63, 3.8) is 0 Å². The maximum absolute atomic E-state index is 11.7. The number of carbonyl (C=O) groups is 1. The minimum atomic E-state index is -0.296. The van der Waals surface area contributed by atoms with Gasteiger partial charge < -0.3 is 20.3 Å². The van der Waals surface area contributed by atoms with Crippen molar-refractivity contribution in [1.82, 2.24) is 5.32 Å². The highest BCUT2D eigenvalue weighted by atomic mass is 16.5. The Morgan fingerprint density at radius 1 is 1.21 bits per heavy atom. The van der Waals surface area contributed by atoms with E-state index in [1.54, 1.807) is 0 Å². The zero-order chi connectivity index (χ0) is 14.1. The van der Waals surface area contributed by atoms with Gasteiger partial charge in [0.2, 0.25) is 0 Å². The quantitative estimate of drug-likeness (QED) is 0.497. The lowest BCUT2D eigenvalue weighted by Crippen LogP contribution is -2.25. The van der Waals surface area contributed by atoms with Crippen molar-refractivity contribution in [2.75, 3.05) is 19.8 Å². The van der Waals surface area contributed by atoms with Gasteiger partial charge >= 0.3 is 0 Å². The normalized spacial score (nSPS) is 10.4. The molecule has 0 aliphatic heterocycles. The van der Waals surface area contributed by atoms with Crippen LogP contribution in [0.3, 0.4) is 0 Å². The molecule has 0 aromatic heterocycles. The lowest BCUT2D eigenvalue weighted by Gasteiger charge is -2.07. The molecule has 0 radical (unpaired) electrons. The average Bonchev–Trinajstić information content (AvgIpc) is 2.40. The molecule has 0 heterocycles. The molecule has 0 aliphatic rings. The number of nitrogens with one attached hydrogen (secondary N) is 1. The summed E-state index contributed by atoms with van der Waals surface area (Å²) in [4.78, 5) is 11.7. The molecule has 0 saturated heterocycles. The van der Waals surface area contributed by atoms with Crippen LogP contribution in [0, 0.1) is 0 Å². The summed E-state index contributed by atoms with van der Waals surface area (Å²) in [6, 6.07) is 3.99. The molecule has 0 spiro atoms. The number of rotatable bonds is 8. The van der Waals surface area contributed by atoms with Crippen LogP contribution in [-0.4, -0.2) is 35.9 Å². The molecular weight excluding hydrogens is 246 g/mol. The minimum absolute atomic E-state index is 0.235. The van der Waals surface area contributed by atoms with Crippen molar-refractivity contribution in [3.8, 4) is 11.5 Å². The van der Waals surface area contributed by atoms with E-state index in [2.05, 4.69) is 12.2 Å². The number of phenols is 2. The van der Waals surface area contributed by atoms with E-state index in [1.807, 2.05) is 0 Å². The summed E-state index contributed by atoms with van der Waals surface area (Å²) in [6.45, 7) is 4.01. The van der Waals surface area contributed by atoms with E-state index in [0.29, 0.717) is 18.7 Å². The number of phenolic OH excluding ortho intramolecular Hbond substituents is 2. The second kappa shape index (κ2) is 8.37.